The molecule has 0 aliphatic carbocycles. The van der Waals surface area contributed by atoms with E-state index in [-0.39, 0.29) is 18.7 Å². The Morgan fingerprint density at radius 2 is 1.76 bits per heavy atom. The second-order valence-corrected chi connectivity index (χ2v) is 8.44. The largest absolute Gasteiger partial charge is 0.497 e. The third kappa shape index (κ3) is 5.04. The van der Waals surface area contributed by atoms with Gasteiger partial charge in [0.2, 0.25) is 10.0 Å². The number of carbonyl (C=O) groups is 1. The average molecular weight is 422 g/mol. The maximum absolute atomic E-state index is 14.2. The summed E-state index contributed by atoms with van der Waals surface area (Å²) in [5.41, 5.74) is 0.0774. The number of benzene rings is 2. The number of nitrogens with zero attached hydrogens (tertiary/aromatic N) is 1. The van der Waals surface area contributed by atoms with Crippen LogP contribution in [0, 0.1) is 5.82 Å². The van der Waals surface area contributed by atoms with Gasteiger partial charge in [0, 0.05) is 18.7 Å². The molecular weight excluding hydrogens is 399 g/mol. The van der Waals surface area contributed by atoms with E-state index in [4.69, 9.17) is 9.47 Å². The lowest BCUT2D eigenvalue weighted by Gasteiger charge is -2.16. The molecule has 1 fully saturated rings. The van der Waals surface area contributed by atoms with Crippen molar-refractivity contribution in [1.29, 1.82) is 0 Å². The van der Waals surface area contributed by atoms with E-state index in [0.717, 1.165) is 25.0 Å². The Labute approximate surface area is 169 Å². The van der Waals surface area contributed by atoms with Crippen molar-refractivity contribution in [2.45, 2.75) is 17.7 Å². The second kappa shape index (κ2) is 9.23. The number of ether oxygens (including phenoxy) is 2. The minimum absolute atomic E-state index is 0.0774. The summed E-state index contributed by atoms with van der Waals surface area (Å²) in [6, 6.07) is 10.4. The van der Waals surface area contributed by atoms with Gasteiger partial charge in [-0.2, -0.15) is 4.31 Å². The van der Waals surface area contributed by atoms with Gasteiger partial charge in [0.25, 0.3) is 5.91 Å². The third-order valence-corrected chi connectivity index (χ3v) is 6.51. The molecule has 0 atom stereocenters. The first kappa shape index (κ1) is 21.1. The molecule has 0 aromatic heterocycles. The van der Waals surface area contributed by atoms with Gasteiger partial charge in [-0.25, -0.2) is 12.8 Å². The highest BCUT2D eigenvalue weighted by Gasteiger charge is 2.30. The smallest absolute Gasteiger partial charge is 0.251 e. The van der Waals surface area contributed by atoms with Gasteiger partial charge in [-0.15, -0.1) is 0 Å². The van der Waals surface area contributed by atoms with E-state index in [0.29, 0.717) is 24.6 Å². The predicted molar refractivity (Wildman–Crippen MR) is 105 cm³/mol. The van der Waals surface area contributed by atoms with Crippen LogP contribution < -0.4 is 14.8 Å². The van der Waals surface area contributed by atoms with Crippen molar-refractivity contribution in [2.75, 3.05) is 33.4 Å². The molecule has 9 heteroatoms. The van der Waals surface area contributed by atoms with E-state index in [1.165, 1.54) is 10.4 Å². The van der Waals surface area contributed by atoms with Crippen LogP contribution >= 0.6 is 0 Å². The fourth-order valence-corrected chi connectivity index (χ4v) is 4.62. The summed E-state index contributed by atoms with van der Waals surface area (Å²) in [5, 5.41) is 2.64. The summed E-state index contributed by atoms with van der Waals surface area (Å²) >= 11 is 0. The standard InChI is InChI=1S/C20H23FN2O5S/c1-27-16-5-7-17(8-6-16)28-13-10-22-20(24)15-4-9-18(21)19(14-15)29(25,26)23-11-2-3-12-23/h4-9,14H,2-3,10-13H2,1H3,(H,22,24). The predicted octanol–water partition coefficient (Wildman–Crippen LogP) is 2.43. The highest BCUT2D eigenvalue weighted by Crippen LogP contribution is 2.24. The Bertz CT molecular complexity index is 957. The molecule has 0 radical (unpaired) electrons. The third-order valence-electron chi connectivity index (χ3n) is 4.59. The topological polar surface area (TPSA) is 84.9 Å². The maximum atomic E-state index is 14.2. The summed E-state index contributed by atoms with van der Waals surface area (Å²) in [6.07, 6.45) is 1.49. The summed E-state index contributed by atoms with van der Waals surface area (Å²) in [7, 11) is -2.38. The SMILES string of the molecule is COc1ccc(OCCNC(=O)c2ccc(F)c(S(=O)(=O)N3CCCC3)c2)cc1. The zero-order valence-electron chi connectivity index (χ0n) is 16.1. The van der Waals surface area contributed by atoms with Crippen LogP contribution in [0.4, 0.5) is 4.39 Å². The molecule has 156 valence electrons. The molecule has 0 spiro atoms. The van der Waals surface area contributed by atoms with E-state index in [9.17, 15) is 17.6 Å². The first-order valence-electron chi connectivity index (χ1n) is 9.26. The van der Waals surface area contributed by atoms with E-state index < -0.39 is 26.6 Å². The van der Waals surface area contributed by atoms with Crippen molar-refractivity contribution < 1.29 is 27.1 Å². The highest BCUT2D eigenvalue weighted by molar-refractivity contribution is 7.89. The molecule has 3 rings (SSSR count). The molecule has 1 aliphatic heterocycles. The molecule has 1 amide bonds. The molecule has 0 saturated carbocycles. The lowest BCUT2D eigenvalue weighted by molar-refractivity contribution is 0.0946. The van der Waals surface area contributed by atoms with Crippen LogP contribution in [0.1, 0.15) is 23.2 Å². The minimum atomic E-state index is -3.95. The van der Waals surface area contributed by atoms with Crippen molar-refractivity contribution in [2.24, 2.45) is 0 Å². The number of hydrogen-bond acceptors (Lipinski definition) is 5. The van der Waals surface area contributed by atoms with E-state index in [2.05, 4.69) is 5.32 Å². The van der Waals surface area contributed by atoms with Crippen molar-refractivity contribution in [3.8, 4) is 11.5 Å². The Hall–Kier alpha value is -2.65. The molecule has 1 aliphatic rings. The first-order chi connectivity index (χ1) is 13.9. The van der Waals surface area contributed by atoms with E-state index >= 15 is 0 Å². The number of amides is 1. The van der Waals surface area contributed by atoms with Crippen LogP contribution in [-0.2, 0) is 10.0 Å². The molecule has 1 heterocycles. The van der Waals surface area contributed by atoms with E-state index in [1.807, 2.05) is 0 Å². The molecular formula is C20H23FN2O5S. The van der Waals surface area contributed by atoms with Gasteiger partial charge < -0.3 is 14.8 Å². The second-order valence-electron chi connectivity index (χ2n) is 6.54. The lowest BCUT2D eigenvalue weighted by Crippen LogP contribution is -2.30. The summed E-state index contributed by atoms with van der Waals surface area (Å²) in [5.74, 6) is -0.0278. The fourth-order valence-electron chi connectivity index (χ4n) is 3.02. The van der Waals surface area contributed by atoms with Crippen LogP contribution in [0.3, 0.4) is 0 Å². The Balaban J connectivity index is 1.59. The summed E-state index contributed by atoms with van der Waals surface area (Å²) < 4.78 is 51.2. The Morgan fingerprint density at radius 3 is 2.41 bits per heavy atom. The monoisotopic (exact) mass is 422 g/mol. The van der Waals surface area contributed by atoms with Gasteiger partial charge in [0.15, 0.2) is 0 Å². The van der Waals surface area contributed by atoms with Gasteiger partial charge in [-0.1, -0.05) is 0 Å². The number of halogens is 1. The molecule has 29 heavy (non-hydrogen) atoms. The highest BCUT2D eigenvalue weighted by atomic mass is 32.2. The fraction of sp³-hybridized carbons (Fsp3) is 0.350. The van der Waals surface area contributed by atoms with Gasteiger partial charge in [0.1, 0.15) is 28.8 Å². The number of rotatable bonds is 8. The van der Waals surface area contributed by atoms with Crippen LogP contribution in [0.5, 0.6) is 11.5 Å². The van der Waals surface area contributed by atoms with Crippen LogP contribution in [0.15, 0.2) is 47.4 Å². The molecule has 7 nitrogen and oxygen atoms in total. The van der Waals surface area contributed by atoms with Gasteiger partial charge in [-0.3, -0.25) is 4.79 Å². The number of sulfonamides is 1. The average Bonchev–Trinajstić information content (AvgIpc) is 3.27. The van der Waals surface area contributed by atoms with Crippen LogP contribution in [0.25, 0.3) is 0 Å². The van der Waals surface area contributed by atoms with Crippen molar-refractivity contribution in [3.05, 3.63) is 53.8 Å². The minimum Gasteiger partial charge on any atom is -0.497 e. The number of carbonyl (C=O) groups excluding carboxylic acids is 1. The zero-order chi connectivity index (χ0) is 20.9. The van der Waals surface area contributed by atoms with Crippen LogP contribution in [0.2, 0.25) is 0 Å². The number of nitrogens with one attached hydrogen (secondary N) is 1. The number of hydrogen-bond donors (Lipinski definition) is 1. The maximum Gasteiger partial charge on any atom is 0.251 e. The molecule has 0 bridgehead atoms. The molecule has 2 aromatic rings. The number of methoxy groups -OCH3 is 1. The van der Waals surface area contributed by atoms with Crippen molar-refractivity contribution >= 4 is 15.9 Å². The molecule has 1 saturated heterocycles. The lowest BCUT2D eigenvalue weighted by atomic mass is 10.2. The molecule has 0 unspecified atom stereocenters. The molecule has 1 N–H and O–H groups in total. The summed E-state index contributed by atoms with van der Waals surface area (Å²) in [6.45, 7) is 1.15. The molecule has 2 aromatic carbocycles. The van der Waals surface area contributed by atoms with E-state index in [1.54, 1.807) is 31.4 Å². The van der Waals surface area contributed by atoms with Gasteiger partial charge in [-0.05, 0) is 55.3 Å². The first-order valence-corrected chi connectivity index (χ1v) is 10.7. The summed E-state index contributed by atoms with van der Waals surface area (Å²) in [4.78, 5) is 11.9. The normalized spacial score (nSPS) is 14.6. The Morgan fingerprint density at radius 1 is 1.10 bits per heavy atom. The van der Waals surface area contributed by atoms with Crippen molar-refractivity contribution in [3.63, 3.8) is 0 Å². The van der Waals surface area contributed by atoms with Crippen molar-refractivity contribution in [1.82, 2.24) is 9.62 Å². The zero-order valence-corrected chi connectivity index (χ0v) is 16.9. The van der Waals surface area contributed by atoms with Gasteiger partial charge >= 0.3 is 0 Å². The quantitative estimate of drug-likeness (QED) is 0.661. The van der Waals surface area contributed by atoms with Crippen LogP contribution in [-0.4, -0.2) is 52.0 Å². The Kier molecular flexibility index (Phi) is 6.71. The van der Waals surface area contributed by atoms with Gasteiger partial charge in [0.05, 0.1) is 13.7 Å².